The Kier molecular flexibility index (Phi) is 4.08. The van der Waals surface area contributed by atoms with Crippen molar-refractivity contribution in [2.75, 3.05) is 18.5 Å². The number of hydrogen-bond donors (Lipinski definition) is 1. The molecule has 0 aromatic heterocycles. The molecular weight excluding hydrogens is 312 g/mol. The highest BCUT2D eigenvalue weighted by molar-refractivity contribution is 9.10. The lowest BCUT2D eigenvalue weighted by Gasteiger charge is -2.12. The van der Waals surface area contributed by atoms with E-state index in [9.17, 15) is 0 Å². The molecule has 1 heterocycles. The molecule has 2 aromatic carbocycles. The zero-order valence-corrected chi connectivity index (χ0v) is 13.3. The quantitative estimate of drug-likeness (QED) is 0.918. The molecule has 0 saturated heterocycles. The highest BCUT2D eigenvalue weighted by Crippen LogP contribution is 2.27. The normalized spacial score (nSPS) is 13.6. The van der Waals surface area contributed by atoms with Crippen LogP contribution < -0.4 is 10.2 Å². The smallest absolute Gasteiger partial charge is 0.0397 e. The minimum absolute atomic E-state index is 0.907. The standard InChI is InChI=1S/C17H19BrN2/c1-20-9-8-15-10-14(4-7-17(15)20)12-19-11-13-2-5-16(18)6-3-13/h2-7,10,19H,8-9,11-12H2,1H3. The highest BCUT2D eigenvalue weighted by atomic mass is 79.9. The van der Waals surface area contributed by atoms with Crippen LogP contribution in [-0.4, -0.2) is 13.6 Å². The van der Waals surface area contributed by atoms with Crippen molar-refractivity contribution >= 4 is 21.6 Å². The number of benzene rings is 2. The van der Waals surface area contributed by atoms with Crippen LogP contribution >= 0.6 is 15.9 Å². The molecule has 0 spiro atoms. The summed E-state index contributed by atoms with van der Waals surface area (Å²) in [4.78, 5) is 2.33. The summed E-state index contributed by atoms with van der Waals surface area (Å²) in [5.74, 6) is 0. The van der Waals surface area contributed by atoms with Gasteiger partial charge in [-0.3, -0.25) is 0 Å². The molecule has 3 heteroatoms. The molecule has 0 fully saturated rings. The van der Waals surface area contributed by atoms with Crippen molar-refractivity contribution in [3.05, 3.63) is 63.6 Å². The molecule has 20 heavy (non-hydrogen) atoms. The van der Waals surface area contributed by atoms with Crippen LogP contribution in [0.1, 0.15) is 16.7 Å². The molecular formula is C17H19BrN2. The molecule has 104 valence electrons. The van der Waals surface area contributed by atoms with Gasteiger partial charge >= 0.3 is 0 Å². The Morgan fingerprint density at radius 1 is 1.05 bits per heavy atom. The second-order valence-electron chi connectivity index (χ2n) is 5.36. The summed E-state index contributed by atoms with van der Waals surface area (Å²) < 4.78 is 1.13. The molecule has 0 unspecified atom stereocenters. The van der Waals surface area contributed by atoms with Gasteiger partial charge in [0.2, 0.25) is 0 Å². The van der Waals surface area contributed by atoms with Gasteiger partial charge < -0.3 is 10.2 Å². The van der Waals surface area contributed by atoms with E-state index in [2.05, 4.69) is 75.7 Å². The lowest BCUT2D eigenvalue weighted by molar-refractivity contribution is 0.693. The molecule has 3 rings (SSSR count). The first-order chi connectivity index (χ1) is 9.72. The Morgan fingerprint density at radius 2 is 1.75 bits per heavy atom. The van der Waals surface area contributed by atoms with E-state index in [1.54, 1.807) is 0 Å². The monoisotopic (exact) mass is 330 g/mol. The van der Waals surface area contributed by atoms with Crippen molar-refractivity contribution in [1.29, 1.82) is 0 Å². The van der Waals surface area contributed by atoms with Crippen molar-refractivity contribution in [1.82, 2.24) is 5.32 Å². The van der Waals surface area contributed by atoms with Crippen LogP contribution in [0.5, 0.6) is 0 Å². The van der Waals surface area contributed by atoms with Gasteiger partial charge in [0.1, 0.15) is 0 Å². The molecule has 2 aromatic rings. The highest BCUT2D eigenvalue weighted by Gasteiger charge is 2.15. The van der Waals surface area contributed by atoms with Crippen molar-refractivity contribution in [2.45, 2.75) is 19.5 Å². The van der Waals surface area contributed by atoms with E-state index in [1.807, 2.05) is 0 Å². The topological polar surface area (TPSA) is 15.3 Å². The third-order valence-electron chi connectivity index (χ3n) is 3.84. The Hall–Kier alpha value is -1.32. The third kappa shape index (κ3) is 3.05. The summed E-state index contributed by atoms with van der Waals surface area (Å²) in [5, 5.41) is 3.51. The van der Waals surface area contributed by atoms with Crippen LogP contribution in [0.2, 0.25) is 0 Å². The lowest BCUT2D eigenvalue weighted by Crippen LogP contribution is -2.13. The van der Waals surface area contributed by atoms with Gasteiger partial charge in [-0.25, -0.2) is 0 Å². The first-order valence-corrected chi connectivity index (χ1v) is 7.80. The summed E-state index contributed by atoms with van der Waals surface area (Å²) in [6, 6.07) is 15.3. The van der Waals surface area contributed by atoms with Crippen molar-refractivity contribution < 1.29 is 0 Å². The van der Waals surface area contributed by atoms with E-state index in [-0.39, 0.29) is 0 Å². The average molecular weight is 331 g/mol. The average Bonchev–Trinajstić information content (AvgIpc) is 2.82. The zero-order chi connectivity index (χ0) is 13.9. The van der Waals surface area contributed by atoms with Crippen molar-refractivity contribution in [2.24, 2.45) is 0 Å². The Morgan fingerprint density at radius 3 is 2.55 bits per heavy atom. The van der Waals surface area contributed by atoms with Crippen LogP contribution in [0.3, 0.4) is 0 Å². The van der Waals surface area contributed by atoms with Crippen LogP contribution in [-0.2, 0) is 19.5 Å². The Balaban J connectivity index is 1.58. The predicted molar refractivity (Wildman–Crippen MR) is 88.1 cm³/mol. The van der Waals surface area contributed by atoms with Gasteiger partial charge in [0, 0.05) is 36.8 Å². The van der Waals surface area contributed by atoms with Gasteiger partial charge in [0.25, 0.3) is 0 Å². The van der Waals surface area contributed by atoms with Crippen LogP contribution in [0.25, 0.3) is 0 Å². The van der Waals surface area contributed by atoms with E-state index in [4.69, 9.17) is 0 Å². The summed E-state index contributed by atoms with van der Waals surface area (Å²) >= 11 is 3.46. The third-order valence-corrected chi connectivity index (χ3v) is 4.37. The number of fused-ring (bicyclic) bond motifs is 1. The van der Waals surface area contributed by atoms with E-state index in [0.29, 0.717) is 0 Å². The fourth-order valence-electron chi connectivity index (χ4n) is 2.68. The largest absolute Gasteiger partial charge is 0.374 e. The van der Waals surface area contributed by atoms with Gasteiger partial charge in [-0.1, -0.05) is 40.2 Å². The number of rotatable bonds is 4. The maximum absolute atomic E-state index is 3.51. The molecule has 0 aliphatic carbocycles. The first kappa shape index (κ1) is 13.7. The second kappa shape index (κ2) is 5.98. The van der Waals surface area contributed by atoms with Gasteiger partial charge in [0.05, 0.1) is 0 Å². The molecule has 1 aliphatic rings. The number of hydrogen-bond acceptors (Lipinski definition) is 2. The van der Waals surface area contributed by atoms with E-state index in [0.717, 1.165) is 24.1 Å². The first-order valence-electron chi connectivity index (χ1n) is 7.00. The van der Waals surface area contributed by atoms with Crippen LogP contribution in [0.4, 0.5) is 5.69 Å². The summed E-state index contributed by atoms with van der Waals surface area (Å²) in [6.07, 6.45) is 1.17. The SMILES string of the molecule is CN1CCc2cc(CNCc3ccc(Br)cc3)ccc21. The minimum atomic E-state index is 0.907. The molecule has 1 N–H and O–H groups in total. The maximum atomic E-state index is 3.51. The number of likely N-dealkylation sites (N-methyl/N-ethyl adjacent to an activating group) is 1. The molecule has 0 radical (unpaired) electrons. The predicted octanol–water partition coefficient (Wildman–Crippen LogP) is 3.73. The van der Waals surface area contributed by atoms with Gasteiger partial charge in [-0.2, -0.15) is 0 Å². The fraction of sp³-hybridized carbons (Fsp3) is 0.294. The van der Waals surface area contributed by atoms with Crippen LogP contribution in [0, 0.1) is 0 Å². The number of halogens is 1. The molecule has 2 nitrogen and oxygen atoms in total. The van der Waals surface area contributed by atoms with Crippen molar-refractivity contribution in [3.63, 3.8) is 0 Å². The molecule has 0 atom stereocenters. The summed E-state index contributed by atoms with van der Waals surface area (Å²) in [5.41, 5.74) is 5.56. The van der Waals surface area contributed by atoms with Gasteiger partial charge in [-0.05, 0) is 41.3 Å². The lowest BCUT2D eigenvalue weighted by atomic mass is 10.1. The van der Waals surface area contributed by atoms with Gasteiger partial charge in [-0.15, -0.1) is 0 Å². The molecule has 0 bridgehead atoms. The van der Waals surface area contributed by atoms with E-state index >= 15 is 0 Å². The number of nitrogens with one attached hydrogen (secondary N) is 1. The van der Waals surface area contributed by atoms with E-state index < -0.39 is 0 Å². The minimum Gasteiger partial charge on any atom is -0.374 e. The molecule has 0 saturated carbocycles. The number of anilines is 1. The molecule has 1 aliphatic heterocycles. The van der Waals surface area contributed by atoms with Crippen LogP contribution in [0.15, 0.2) is 46.9 Å². The van der Waals surface area contributed by atoms with Crippen molar-refractivity contribution in [3.8, 4) is 0 Å². The zero-order valence-electron chi connectivity index (χ0n) is 11.7. The van der Waals surface area contributed by atoms with E-state index in [1.165, 1.54) is 28.8 Å². The molecule has 0 amide bonds. The Bertz CT molecular complexity index is 592. The van der Waals surface area contributed by atoms with Gasteiger partial charge in [0.15, 0.2) is 0 Å². The number of nitrogens with zero attached hydrogens (tertiary/aromatic N) is 1. The fourth-order valence-corrected chi connectivity index (χ4v) is 2.95. The second-order valence-corrected chi connectivity index (χ2v) is 6.28. The summed E-state index contributed by atoms with van der Waals surface area (Å²) in [6.45, 7) is 2.97. The summed E-state index contributed by atoms with van der Waals surface area (Å²) in [7, 11) is 2.16. The maximum Gasteiger partial charge on any atom is 0.0397 e. The Labute approximate surface area is 128 Å².